The molecule has 3 heteroatoms. The second-order valence-corrected chi connectivity index (χ2v) is 4.39. The summed E-state index contributed by atoms with van der Waals surface area (Å²) in [5.41, 5.74) is 0.958. The topological polar surface area (TPSA) is 17.1 Å². The van der Waals surface area contributed by atoms with Crippen LogP contribution in [-0.4, -0.2) is 12.0 Å². The molecular formula is C11H11FOS. The molecule has 0 unspecified atom stereocenters. The standard InChI is InChI=1S/C11H11FOS/c1-14-11-3-2-7(6-10(11)12)8-4-9(13)5-8/h2-3,6,8H,4-5H2,1H3. The third kappa shape index (κ3) is 1.69. The highest BCUT2D eigenvalue weighted by molar-refractivity contribution is 7.98. The molecule has 1 aliphatic carbocycles. The number of carbonyl (C=O) groups excluding carboxylic acids is 1. The van der Waals surface area contributed by atoms with E-state index < -0.39 is 0 Å². The van der Waals surface area contributed by atoms with Gasteiger partial charge >= 0.3 is 0 Å². The average molecular weight is 210 g/mol. The van der Waals surface area contributed by atoms with Crippen LogP contribution in [-0.2, 0) is 4.79 Å². The maximum absolute atomic E-state index is 13.4. The van der Waals surface area contributed by atoms with Gasteiger partial charge < -0.3 is 0 Å². The fourth-order valence-corrected chi connectivity index (χ4v) is 2.12. The number of rotatable bonds is 2. The molecule has 74 valence electrons. The van der Waals surface area contributed by atoms with Gasteiger partial charge in [-0.15, -0.1) is 11.8 Å². The summed E-state index contributed by atoms with van der Waals surface area (Å²) >= 11 is 1.40. The largest absolute Gasteiger partial charge is 0.300 e. The Bertz CT molecular complexity index is 368. The molecule has 0 spiro atoms. The van der Waals surface area contributed by atoms with Gasteiger partial charge in [0.25, 0.3) is 0 Å². The molecule has 0 aromatic heterocycles. The summed E-state index contributed by atoms with van der Waals surface area (Å²) in [5, 5.41) is 0. The molecule has 1 aromatic rings. The first-order chi connectivity index (χ1) is 6.70. The Hall–Kier alpha value is -0.830. The quantitative estimate of drug-likeness (QED) is 0.698. The van der Waals surface area contributed by atoms with Crippen LogP contribution >= 0.6 is 11.8 Å². The predicted octanol–water partition coefficient (Wildman–Crippen LogP) is 2.99. The molecule has 0 amide bonds. The first-order valence-electron chi connectivity index (χ1n) is 4.56. The third-order valence-corrected chi connectivity index (χ3v) is 3.37. The van der Waals surface area contributed by atoms with E-state index in [2.05, 4.69) is 0 Å². The van der Waals surface area contributed by atoms with Gasteiger partial charge in [-0.05, 0) is 29.9 Å². The minimum atomic E-state index is -0.172. The number of halogens is 1. The summed E-state index contributed by atoms with van der Waals surface area (Å²) < 4.78 is 13.4. The molecule has 1 fully saturated rings. The maximum Gasteiger partial charge on any atom is 0.137 e. The van der Waals surface area contributed by atoms with Crippen molar-refractivity contribution >= 4 is 17.5 Å². The Morgan fingerprint density at radius 3 is 2.64 bits per heavy atom. The maximum atomic E-state index is 13.4. The van der Waals surface area contributed by atoms with Crippen molar-refractivity contribution in [2.75, 3.05) is 6.26 Å². The van der Waals surface area contributed by atoms with Crippen LogP contribution < -0.4 is 0 Å². The molecule has 1 saturated carbocycles. The van der Waals surface area contributed by atoms with E-state index in [1.165, 1.54) is 11.8 Å². The summed E-state index contributed by atoms with van der Waals surface area (Å²) in [6.45, 7) is 0. The van der Waals surface area contributed by atoms with Gasteiger partial charge in [0.05, 0.1) is 0 Å². The van der Waals surface area contributed by atoms with E-state index in [4.69, 9.17) is 0 Å². The smallest absolute Gasteiger partial charge is 0.137 e. The summed E-state index contributed by atoms with van der Waals surface area (Å²) in [7, 11) is 0. The number of carbonyl (C=O) groups is 1. The van der Waals surface area contributed by atoms with Crippen LogP contribution in [0, 0.1) is 5.82 Å². The van der Waals surface area contributed by atoms with Crippen molar-refractivity contribution in [3.8, 4) is 0 Å². The second kappa shape index (κ2) is 3.73. The first kappa shape index (κ1) is 9.71. The summed E-state index contributed by atoms with van der Waals surface area (Å²) in [4.78, 5) is 11.5. The molecular weight excluding hydrogens is 199 g/mol. The molecule has 0 aliphatic heterocycles. The van der Waals surface area contributed by atoms with E-state index in [0.29, 0.717) is 17.7 Å². The first-order valence-corrected chi connectivity index (χ1v) is 5.78. The molecule has 2 rings (SSSR count). The molecule has 0 saturated heterocycles. The number of ketones is 1. The van der Waals surface area contributed by atoms with E-state index >= 15 is 0 Å². The highest BCUT2D eigenvalue weighted by Crippen LogP contribution is 2.35. The fourth-order valence-electron chi connectivity index (χ4n) is 1.66. The normalized spacial score (nSPS) is 16.9. The number of thioether (sulfide) groups is 1. The number of hydrogen-bond acceptors (Lipinski definition) is 2. The summed E-state index contributed by atoms with van der Waals surface area (Å²) in [5.74, 6) is 0.367. The fraction of sp³-hybridized carbons (Fsp3) is 0.364. The SMILES string of the molecule is CSc1ccc(C2CC(=O)C2)cc1F. The van der Waals surface area contributed by atoms with Crippen LogP contribution in [0.25, 0.3) is 0 Å². The van der Waals surface area contributed by atoms with E-state index in [-0.39, 0.29) is 17.5 Å². The molecule has 14 heavy (non-hydrogen) atoms. The van der Waals surface area contributed by atoms with Gasteiger partial charge in [0.2, 0.25) is 0 Å². The molecule has 0 radical (unpaired) electrons. The van der Waals surface area contributed by atoms with Gasteiger partial charge in [0, 0.05) is 17.7 Å². The van der Waals surface area contributed by atoms with Gasteiger partial charge in [-0.1, -0.05) is 6.07 Å². The minimum Gasteiger partial charge on any atom is -0.300 e. The van der Waals surface area contributed by atoms with Crippen molar-refractivity contribution < 1.29 is 9.18 Å². The lowest BCUT2D eigenvalue weighted by atomic mass is 9.79. The average Bonchev–Trinajstić information content (AvgIpc) is 2.13. The Morgan fingerprint density at radius 2 is 2.14 bits per heavy atom. The number of benzene rings is 1. The van der Waals surface area contributed by atoms with E-state index in [1.54, 1.807) is 12.1 Å². The van der Waals surface area contributed by atoms with E-state index in [9.17, 15) is 9.18 Å². The van der Waals surface area contributed by atoms with Crippen LogP contribution in [0.1, 0.15) is 24.3 Å². The number of hydrogen-bond donors (Lipinski definition) is 0. The van der Waals surface area contributed by atoms with Crippen molar-refractivity contribution in [3.63, 3.8) is 0 Å². The van der Waals surface area contributed by atoms with Crippen LogP contribution in [0.4, 0.5) is 4.39 Å². The van der Waals surface area contributed by atoms with Gasteiger partial charge in [0.1, 0.15) is 11.6 Å². The summed E-state index contributed by atoms with van der Waals surface area (Å²) in [6.07, 6.45) is 3.01. The van der Waals surface area contributed by atoms with E-state index in [0.717, 1.165) is 5.56 Å². The molecule has 0 heterocycles. The lowest BCUT2D eigenvalue weighted by molar-refractivity contribution is -0.124. The van der Waals surface area contributed by atoms with Gasteiger partial charge in [0.15, 0.2) is 0 Å². The van der Waals surface area contributed by atoms with Crippen molar-refractivity contribution in [2.24, 2.45) is 0 Å². The molecule has 0 N–H and O–H groups in total. The van der Waals surface area contributed by atoms with Crippen molar-refractivity contribution in [3.05, 3.63) is 29.6 Å². The molecule has 1 aromatic carbocycles. The lowest BCUT2D eigenvalue weighted by Crippen LogP contribution is -2.21. The number of Topliss-reactive ketones (excluding diaryl/α,β-unsaturated/α-hetero) is 1. The third-order valence-electron chi connectivity index (χ3n) is 2.60. The zero-order chi connectivity index (χ0) is 10.1. The van der Waals surface area contributed by atoms with Crippen molar-refractivity contribution in [1.29, 1.82) is 0 Å². The minimum absolute atomic E-state index is 0.172. The van der Waals surface area contributed by atoms with Crippen LogP contribution in [0.3, 0.4) is 0 Å². The summed E-state index contributed by atoms with van der Waals surface area (Å²) in [6, 6.07) is 5.27. The van der Waals surface area contributed by atoms with Gasteiger partial charge in [-0.25, -0.2) is 4.39 Å². The Balaban J connectivity index is 2.20. The Kier molecular flexibility index (Phi) is 2.59. The van der Waals surface area contributed by atoms with Crippen LogP contribution in [0.5, 0.6) is 0 Å². The Labute approximate surface area is 86.7 Å². The van der Waals surface area contributed by atoms with Gasteiger partial charge in [-0.3, -0.25) is 4.79 Å². The molecule has 1 nitrogen and oxygen atoms in total. The highest BCUT2D eigenvalue weighted by atomic mass is 32.2. The van der Waals surface area contributed by atoms with E-state index in [1.807, 2.05) is 12.3 Å². The van der Waals surface area contributed by atoms with Crippen molar-refractivity contribution in [2.45, 2.75) is 23.7 Å². The molecule has 1 aliphatic rings. The van der Waals surface area contributed by atoms with Crippen LogP contribution in [0.15, 0.2) is 23.1 Å². The van der Waals surface area contributed by atoms with Gasteiger partial charge in [-0.2, -0.15) is 0 Å². The zero-order valence-corrected chi connectivity index (χ0v) is 8.73. The lowest BCUT2D eigenvalue weighted by Gasteiger charge is -2.24. The highest BCUT2D eigenvalue weighted by Gasteiger charge is 2.28. The van der Waals surface area contributed by atoms with Crippen molar-refractivity contribution in [1.82, 2.24) is 0 Å². The Morgan fingerprint density at radius 1 is 1.43 bits per heavy atom. The predicted molar refractivity (Wildman–Crippen MR) is 55.2 cm³/mol. The monoisotopic (exact) mass is 210 g/mol. The second-order valence-electron chi connectivity index (χ2n) is 3.54. The zero-order valence-electron chi connectivity index (χ0n) is 7.92. The molecule has 0 bridgehead atoms. The molecule has 0 atom stereocenters. The van der Waals surface area contributed by atoms with Crippen LogP contribution in [0.2, 0.25) is 0 Å².